The maximum Gasteiger partial charge on any atom is 0.268 e. The molecule has 0 bridgehead atoms. The number of imidazole rings is 1. The first-order chi connectivity index (χ1) is 38.3. The monoisotopic (exact) mass is 1100 g/mol. The Kier molecular flexibility index (Phi) is 15.9. The average Bonchev–Trinajstić information content (AvgIpc) is 4.22. The van der Waals surface area contributed by atoms with E-state index in [1.807, 2.05) is 0 Å². The fourth-order valence-corrected chi connectivity index (χ4v) is 13.2. The molecule has 2 aromatic heterocycles. The third kappa shape index (κ3) is 11.5. The first kappa shape index (κ1) is 54.2. The van der Waals surface area contributed by atoms with Crippen molar-refractivity contribution in [2.45, 2.75) is 101 Å². The quantitative estimate of drug-likeness (QED) is 0.0649. The minimum Gasteiger partial charge on any atom is -0.758 e. The Labute approximate surface area is 462 Å². The predicted octanol–water partition coefficient (Wildman–Crippen LogP) is 10.4. The minimum atomic E-state index is -4.70. The Morgan fingerprint density at radius 1 is 0.949 bits per heavy atom. The maximum atomic E-state index is 15.2. The predicted molar refractivity (Wildman–Crippen MR) is 305 cm³/mol. The van der Waals surface area contributed by atoms with Crippen LogP contribution in [0.1, 0.15) is 121 Å². The number of hydrogen-bond acceptors (Lipinski definition) is 15. The van der Waals surface area contributed by atoms with Crippen LogP contribution >= 0.6 is 0 Å². The maximum absolute atomic E-state index is 15.2. The SMILES string of the molecule is CCOc1nc2c(cc1Oc1cc(N3CCC(N4CCN(Cc5ccc(C6CC6)c(OC)c5)C[C@H]4c4ccccc4C(C)C)CC3)ccc1C(=O)NS(=O)(=O)c1cc(N(C)[O-])c(NCC3CCOCC3)c3[nH]cnc13)C(F)=CC2. The van der Waals surface area contributed by atoms with E-state index in [2.05, 4.69) is 96.0 Å². The van der Waals surface area contributed by atoms with Crippen LogP contribution in [0.4, 0.5) is 21.5 Å². The number of H-pyrrole nitrogens is 1. The molecule has 3 saturated heterocycles. The van der Waals surface area contributed by atoms with Gasteiger partial charge in [0.1, 0.15) is 27.7 Å². The molecule has 1 amide bonds. The molecule has 0 unspecified atom stereocenters. The summed E-state index contributed by atoms with van der Waals surface area (Å²) >= 11 is 0. The van der Waals surface area contributed by atoms with Gasteiger partial charge in [-0.05, 0) is 129 Å². The molecule has 5 aliphatic rings. The van der Waals surface area contributed by atoms with E-state index in [0.717, 1.165) is 63.3 Å². The molecule has 0 radical (unpaired) electrons. The van der Waals surface area contributed by atoms with Gasteiger partial charge in [0.25, 0.3) is 21.8 Å². The lowest BCUT2D eigenvalue weighted by atomic mass is 9.88. The number of methoxy groups -OCH3 is 1. The highest BCUT2D eigenvalue weighted by Crippen LogP contribution is 2.46. The van der Waals surface area contributed by atoms with E-state index in [4.69, 9.17) is 18.9 Å². The number of nitrogens with zero attached hydrogens (tertiary/aromatic N) is 6. The molecule has 3 N–H and O–H groups in total. The molecular weight excluding hydrogens is 1030 g/mol. The lowest BCUT2D eigenvalue weighted by molar-refractivity contribution is 0.0271. The van der Waals surface area contributed by atoms with Crippen molar-refractivity contribution in [1.82, 2.24) is 29.5 Å². The summed E-state index contributed by atoms with van der Waals surface area (Å²) in [5.41, 5.74) is 7.48. The van der Waals surface area contributed by atoms with E-state index in [-0.39, 0.29) is 69.6 Å². The van der Waals surface area contributed by atoms with E-state index >= 15 is 4.39 Å². The second kappa shape index (κ2) is 23.1. The van der Waals surface area contributed by atoms with Crippen molar-refractivity contribution in [3.05, 3.63) is 129 Å². The van der Waals surface area contributed by atoms with Crippen molar-refractivity contribution in [3.8, 4) is 23.1 Å². The van der Waals surface area contributed by atoms with Gasteiger partial charge in [0.05, 0.1) is 48.2 Å². The summed E-state index contributed by atoms with van der Waals surface area (Å²) in [6, 6.07) is 23.9. The van der Waals surface area contributed by atoms with E-state index in [1.54, 1.807) is 32.2 Å². The van der Waals surface area contributed by atoms with Crippen molar-refractivity contribution in [2.75, 3.05) is 88.5 Å². The Morgan fingerprint density at radius 2 is 1.75 bits per heavy atom. The third-order valence-electron chi connectivity index (χ3n) is 16.4. The number of benzene rings is 4. The molecule has 2 aliphatic carbocycles. The van der Waals surface area contributed by atoms with Gasteiger partial charge in [-0.25, -0.2) is 27.5 Å². The number of rotatable bonds is 19. The van der Waals surface area contributed by atoms with Gasteiger partial charge in [0, 0.05) is 94.8 Å². The number of hydrogen-bond donors (Lipinski definition) is 3. The van der Waals surface area contributed by atoms with E-state index < -0.39 is 21.8 Å². The zero-order valence-corrected chi connectivity index (χ0v) is 46.5. The second-order valence-electron chi connectivity index (χ2n) is 21.9. The molecule has 79 heavy (non-hydrogen) atoms. The zero-order chi connectivity index (χ0) is 55.0. The highest BCUT2D eigenvalue weighted by molar-refractivity contribution is 7.90. The number of aromatic amines is 1. The molecule has 19 heteroatoms. The molecule has 4 aromatic carbocycles. The van der Waals surface area contributed by atoms with Crippen molar-refractivity contribution >= 4 is 49.9 Å². The van der Waals surface area contributed by atoms with Crippen LogP contribution in [-0.4, -0.2) is 118 Å². The number of piperidine rings is 1. The van der Waals surface area contributed by atoms with Crippen molar-refractivity contribution < 1.29 is 36.6 Å². The molecule has 4 fully saturated rings. The smallest absolute Gasteiger partial charge is 0.268 e. The first-order valence-corrected chi connectivity index (χ1v) is 29.4. The summed E-state index contributed by atoms with van der Waals surface area (Å²) in [4.78, 5) is 33.8. The number of carbonyl (C=O) groups is 1. The molecular formula is C60H71FN9O8S-. The largest absolute Gasteiger partial charge is 0.758 e. The Hall–Kier alpha value is -6.77. The van der Waals surface area contributed by atoms with Crippen LogP contribution in [0.3, 0.4) is 0 Å². The molecule has 5 heterocycles. The molecule has 0 spiro atoms. The van der Waals surface area contributed by atoms with Crippen molar-refractivity contribution in [1.29, 1.82) is 0 Å². The number of hydroxylamine groups is 1. The van der Waals surface area contributed by atoms with Crippen LogP contribution in [0, 0.1) is 11.1 Å². The number of sulfonamides is 1. The van der Waals surface area contributed by atoms with Crippen LogP contribution < -0.4 is 34.2 Å². The molecule has 1 saturated carbocycles. The van der Waals surface area contributed by atoms with Gasteiger partial charge < -0.3 is 44.4 Å². The van der Waals surface area contributed by atoms with Crippen LogP contribution in [0.2, 0.25) is 0 Å². The van der Waals surface area contributed by atoms with E-state index in [9.17, 15) is 18.4 Å². The van der Waals surface area contributed by atoms with Gasteiger partial charge in [0.2, 0.25) is 0 Å². The summed E-state index contributed by atoms with van der Waals surface area (Å²) in [5, 5.41) is 17.1. The number of nitrogens with one attached hydrogen (secondary N) is 3. The number of piperazine rings is 1. The number of amides is 1. The Morgan fingerprint density at radius 3 is 2.49 bits per heavy atom. The molecule has 6 aromatic rings. The highest BCUT2D eigenvalue weighted by atomic mass is 32.2. The van der Waals surface area contributed by atoms with E-state index in [1.165, 1.54) is 66.7 Å². The number of pyridine rings is 1. The average molecular weight is 1100 g/mol. The second-order valence-corrected chi connectivity index (χ2v) is 23.5. The molecule has 11 rings (SSSR count). The minimum absolute atomic E-state index is 0.0104. The third-order valence-corrected chi connectivity index (χ3v) is 17.7. The van der Waals surface area contributed by atoms with Crippen molar-refractivity contribution in [3.63, 3.8) is 0 Å². The molecule has 3 aliphatic heterocycles. The standard InChI is InChI=1S/C60H71FN9O8S/c1-6-77-60-54(31-47-48(61)17-18-49(47)65-60)78-53-30-42(14-16-46(53)59(71)66-79(73,74)55-32-50(67(4)72)56(58-57(55)63-36-64-58)62-33-38-21-27-76-28-22-38)69-23-19-41(20-24-69)70-26-25-68(35-51(70)45-10-8-7-9-43(45)37(2)3)34-39-11-15-44(40-12-13-40)52(29-39)75-5/h7-11,14-17,29-32,36-38,40-41,51,62H,6,12-13,18-28,33-35H2,1-5H3,(H,63,64)(H,66,71)/q-1/t51-/m0/s1. The van der Waals surface area contributed by atoms with Gasteiger partial charge in [-0.3, -0.25) is 14.6 Å². The molecule has 1 atom stereocenters. The van der Waals surface area contributed by atoms with Crippen LogP contribution in [0.25, 0.3) is 16.9 Å². The van der Waals surface area contributed by atoms with Crippen LogP contribution in [0.5, 0.6) is 23.1 Å². The number of halogens is 1. The Balaban J connectivity index is 0.864. The number of anilines is 3. The van der Waals surface area contributed by atoms with Gasteiger partial charge in [-0.1, -0.05) is 50.2 Å². The summed E-state index contributed by atoms with van der Waals surface area (Å²) < 4.78 is 70.4. The summed E-state index contributed by atoms with van der Waals surface area (Å²) in [6.45, 7) is 13.3. The Bertz CT molecular complexity index is 3350. The van der Waals surface area contributed by atoms with Crippen molar-refractivity contribution in [2.24, 2.45) is 5.92 Å². The number of allylic oxidation sites excluding steroid dienone is 1. The fraction of sp³-hybridized carbons (Fsp3) is 0.450. The van der Waals surface area contributed by atoms with Gasteiger partial charge >= 0.3 is 0 Å². The summed E-state index contributed by atoms with van der Waals surface area (Å²) in [6.07, 6.45) is 8.95. The number of ether oxygens (including phenoxy) is 4. The van der Waals surface area contributed by atoms with Gasteiger partial charge in [-0.2, -0.15) is 0 Å². The van der Waals surface area contributed by atoms with Crippen LogP contribution in [-0.2, 0) is 27.7 Å². The lowest BCUT2D eigenvalue weighted by Crippen LogP contribution is -2.54. The topological polar surface area (TPSA) is 190 Å². The number of carbonyl (C=O) groups excluding carboxylic acids is 1. The van der Waals surface area contributed by atoms with Gasteiger partial charge in [0.15, 0.2) is 5.75 Å². The summed E-state index contributed by atoms with van der Waals surface area (Å²) in [5.74, 6) is 0.973. The molecule has 17 nitrogen and oxygen atoms in total. The zero-order valence-electron chi connectivity index (χ0n) is 45.7. The lowest BCUT2D eigenvalue weighted by Gasteiger charge is -2.48. The first-order valence-electron chi connectivity index (χ1n) is 27.9. The normalized spacial score (nSPS) is 18.7. The van der Waals surface area contributed by atoms with Gasteiger partial charge in [-0.15, -0.1) is 0 Å². The fourth-order valence-electron chi connectivity index (χ4n) is 12.1. The number of fused-ring (bicyclic) bond motifs is 2. The highest BCUT2D eigenvalue weighted by Gasteiger charge is 2.37. The molecule has 418 valence electrons. The summed E-state index contributed by atoms with van der Waals surface area (Å²) in [7, 11) is -1.65. The van der Waals surface area contributed by atoms with Crippen LogP contribution in [0.15, 0.2) is 90.1 Å². The number of aromatic nitrogens is 3. The van der Waals surface area contributed by atoms with E-state index in [0.29, 0.717) is 72.7 Å².